The fourth-order valence-electron chi connectivity index (χ4n) is 2.30. The molecule has 3 rings (SSSR count). The van der Waals surface area contributed by atoms with E-state index in [0.29, 0.717) is 16.7 Å². The number of halogens is 3. The number of alkyl halides is 3. The number of fused-ring (bicyclic) bond motifs is 1. The smallest absolute Gasteiger partial charge is 0.369 e. The Labute approximate surface area is 118 Å². The summed E-state index contributed by atoms with van der Waals surface area (Å²) < 4.78 is 40.0. The highest BCUT2D eigenvalue weighted by Gasteiger charge is 2.30. The van der Waals surface area contributed by atoms with E-state index in [2.05, 4.69) is 4.98 Å². The van der Waals surface area contributed by atoms with Crippen LogP contribution in [-0.2, 0) is 6.18 Å². The molecule has 1 aromatic heterocycles. The van der Waals surface area contributed by atoms with Crippen molar-refractivity contribution < 1.29 is 13.2 Å². The molecule has 0 radical (unpaired) electrons. The summed E-state index contributed by atoms with van der Waals surface area (Å²) in [4.78, 5) is 4.20. The van der Waals surface area contributed by atoms with Crippen LogP contribution in [0.5, 0.6) is 0 Å². The third kappa shape index (κ3) is 2.33. The molecular formula is C15H12F3N3. The van der Waals surface area contributed by atoms with Crippen molar-refractivity contribution >= 4 is 17.0 Å². The van der Waals surface area contributed by atoms with Crippen LogP contribution in [-0.4, -0.2) is 9.55 Å². The van der Waals surface area contributed by atoms with E-state index >= 15 is 0 Å². The fourth-order valence-corrected chi connectivity index (χ4v) is 2.30. The quantitative estimate of drug-likeness (QED) is 0.738. The predicted molar refractivity (Wildman–Crippen MR) is 75.2 cm³/mol. The van der Waals surface area contributed by atoms with Gasteiger partial charge in [0, 0.05) is 5.69 Å². The third-order valence-electron chi connectivity index (χ3n) is 3.27. The summed E-state index contributed by atoms with van der Waals surface area (Å²) in [6.45, 7) is 1.92. The molecule has 108 valence electrons. The lowest BCUT2D eigenvalue weighted by molar-refractivity contribution is -0.137. The second-order valence-electron chi connectivity index (χ2n) is 4.85. The summed E-state index contributed by atoms with van der Waals surface area (Å²) >= 11 is 0. The van der Waals surface area contributed by atoms with Gasteiger partial charge in [0.15, 0.2) is 0 Å². The number of rotatable bonds is 1. The molecule has 0 bridgehead atoms. The minimum Gasteiger partial charge on any atom is -0.369 e. The summed E-state index contributed by atoms with van der Waals surface area (Å²) in [5.41, 5.74) is 7.84. The van der Waals surface area contributed by atoms with Gasteiger partial charge in [0.2, 0.25) is 5.95 Å². The van der Waals surface area contributed by atoms with Crippen molar-refractivity contribution in [3.8, 4) is 5.69 Å². The van der Waals surface area contributed by atoms with E-state index in [-0.39, 0.29) is 5.95 Å². The Bertz CT molecular complexity index is 819. The molecule has 0 amide bonds. The highest BCUT2D eigenvalue weighted by molar-refractivity contribution is 5.81. The number of anilines is 1. The van der Waals surface area contributed by atoms with Crippen molar-refractivity contribution in [1.82, 2.24) is 9.55 Å². The van der Waals surface area contributed by atoms with E-state index in [0.717, 1.165) is 17.7 Å². The molecule has 0 atom stereocenters. The Morgan fingerprint density at radius 3 is 2.57 bits per heavy atom. The monoisotopic (exact) mass is 291 g/mol. The van der Waals surface area contributed by atoms with Crippen LogP contribution in [0.2, 0.25) is 0 Å². The highest BCUT2D eigenvalue weighted by atomic mass is 19.4. The number of nitrogens with two attached hydrogens (primary N) is 1. The van der Waals surface area contributed by atoms with Gasteiger partial charge in [-0.2, -0.15) is 13.2 Å². The van der Waals surface area contributed by atoms with Crippen molar-refractivity contribution in [2.75, 3.05) is 5.73 Å². The molecule has 1 heterocycles. The molecule has 0 saturated heterocycles. The first-order valence-corrected chi connectivity index (χ1v) is 6.28. The summed E-state index contributed by atoms with van der Waals surface area (Å²) in [5, 5.41) is 0. The van der Waals surface area contributed by atoms with Gasteiger partial charge in [0.1, 0.15) is 0 Å². The average Bonchev–Trinajstić information content (AvgIpc) is 2.73. The van der Waals surface area contributed by atoms with Gasteiger partial charge in [-0.15, -0.1) is 0 Å². The molecule has 3 aromatic rings. The number of hydrogen-bond donors (Lipinski definition) is 1. The molecular weight excluding hydrogens is 279 g/mol. The van der Waals surface area contributed by atoms with E-state index in [9.17, 15) is 13.2 Å². The van der Waals surface area contributed by atoms with Gasteiger partial charge in [-0.25, -0.2) is 4.98 Å². The minimum atomic E-state index is -4.39. The summed E-state index contributed by atoms with van der Waals surface area (Å²) in [6, 6.07) is 10.5. The van der Waals surface area contributed by atoms with E-state index in [1.54, 1.807) is 12.1 Å². The molecule has 2 aromatic carbocycles. The zero-order valence-electron chi connectivity index (χ0n) is 11.1. The topological polar surface area (TPSA) is 43.8 Å². The van der Waals surface area contributed by atoms with E-state index in [4.69, 9.17) is 5.73 Å². The molecule has 21 heavy (non-hydrogen) atoms. The Morgan fingerprint density at radius 2 is 1.86 bits per heavy atom. The number of aromatic nitrogens is 2. The van der Waals surface area contributed by atoms with Gasteiger partial charge in [0.05, 0.1) is 16.6 Å². The zero-order valence-corrected chi connectivity index (χ0v) is 11.1. The maximum atomic E-state index is 12.8. The first-order chi connectivity index (χ1) is 9.86. The number of hydrogen-bond acceptors (Lipinski definition) is 2. The molecule has 0 saturated carbocycles. The molecule has 0 spiro atoms. The van der Waals surface area contributed by atoms with Gasteiger partial charge in [0.25, 0.3) is 0 Å². The van der Waals surface area contributed by atoms with E-state index in [1.165, 1.54) is 10.6 Å². The lowest BCUT2D eigenvalue weighted by Crippen LogP contribution is -2.07. The van der Waals surface area contributed by atoms with Crippen LogP contribution >= 0.6 is 0 Å². The predicted octanol–water partition coefficient (Wildman–Crippen LogP) is 3.93. The normalized spacial score (nSPS) is 12.0. The summed E-state index contributed by atoms with van der Waals surface area (Å²) in [7, 11) is 0. The Kier molecular flexibility index (Phi) is 2.90. The highest BCUT2D eigenvalue weighted by Crippen LogP contribution is 2.32. The lowest BCUT2D eigenvalue weighted by atomic mass is 10.2. The van der Waals surface area contributed by atoms with Crippen molar-refractivity contribution in [2.45, 2.75) is 13.1 Å². The van der Waals surface area contributed by atoms with Crippen LogP contribution in [0.15, 0.2) is 42.5 Å². The lowest BCUT2D eigenvalue weighted by Gasteiger charge is -2.11. The van der Waals surface area contributed by atoms with Crippen molar-refractivity contribution in [1.29, 1.82) is 0 Å². The standard InChI is InChI=1S/C15H12F3N3/c1-9-5-6-13-12(7-9)20-14(19)21(13)11-4-2-3-10(8-11)15(16,17)18/h2-8H,1H3,(H2,19,20). The zero-order chi connectivity index (χ0) is 15.2. The minimum absolute atomic E-state index is 0.162. The maximum Gasteiger partial charge on any atom is 0.416 e. The van der Waals surface area contributed by atoms with Gasteiger partial charge < -0.3 is 5.73 Å². The number of imidazole rings is 1. The number of nitrogens with zero attached hydrogens (tertiary/aromatic N) is 2. The van der Waals surface area contributed by atoms with E-state index in [1.807, 2.05) is 19.1 Å². The first kappa shape index (κ1) is 13.5. The molecule has 6 heteroatoms. The average molecular weight is 291 g/mol. The molecule has 0 fully saturated rings. The molecule has 0 aliphatic carbocycles. The second kappa shape index (κ2) is 4.51. The number of aryl methyl sites for hydroxylation is 1. The van der Waals surface area contributed by atoms with Gasteiger partial charge in [-0.05, 0) is 42.8 Å². The second-order valence-corrected chi connectivity index (χ2v) is 4.85. The number of benzene rings is 2. The van der Waals surface area contributed by atoms with Gasteiger partial charge in [-0.1, -0.05) is 12.1 Å². The maximum absolute atomic E-state index is 12.8. The fraction of sp³-hybridized carbons (Fsp3) is 0.133. The Morgan fingerprint density at radius 1 is 1.10 bits per heavy atom. The largest absolute Gasteiger partial charge is 0.416 e. The van der Waals surface area contributed by atoms with Crippen molar-refractivity contribution in [3.63, 3.8) is 0 Å². The molecule has 2 N–H and O–H groups in total. The van der Waals surface area contributed by atoms with Gasteiger partial charge >= 0.3 is 6.18 Å². The summed E-state index contributed by atoms with van der Waals surface area (Å²) in [5.74, 6) is 0.162. The molecule has 0 aliphatic rings. The summed E-state index contributed by atoms with van der Waals surface area (Å²) in [6.07, 6.45) is -4.39. The van der Waals surface area contributed by atoms with Crippen LogP contribution in [0.1, 0.15) is 11.1 Å². The molecule has 0 unspecified atom stereocenters. The van der Waals surface area contributed by atoms with Crippen LogP contribution < -0.4 is 5.73 Å². The van der Waals surface area contributed by atoms with Crippen LogP contribution in [0, 0.1) is 6.92 Å². The number of nitrogen functional groups attached to an aromatic ring is 1. The van der Waals surface area contributed by atoms with Crippen molar-refractivity contribution in [3.05, 3.63) is 53.6 Å². The van der Waals surface area contributed by atoms with Crippen LogP contribution in [0.25, 0.3) is 16.7 Å². The Hall–Kier alpha value is -2.50. The SMILES string of the molecule is Cc1ccc2c(c1)nc(N)n2-c1cccc(C(F)(F)F)c1. The molecule has 3 nitrogen and oxygen atoms in total. The molecule has 0 aliphatic heterocycles. The van der Waals surface area contributed by atoms with Gasteiger partial charge in [-0.3, -0.25) is 4.57 Å². The third-order valence-corrected chi connectivity index (χ3v) is 3.27. The first-order valence-electron chi connectivity index (χ1n) is 6.28. The van der Waals surface area contributed by atoms with Crippen LogP contribution in [0.4, 0.5) is 19.1 Å². The van der Waals surface area contributed by atoms with Crippen molar-refractivity contribution in [2.24, 2.45) is 0 Å². The van der Waals surface area contributed by atoms with Crippen LogP contribution in [0.3, 0.4) is 0 Å². The van der Waals surface area contributed by atoms with E-state index < -0.39 is 11.7 Å². The Balaban J connectivity index is 2.23.